The Balaban J connectivity index is 1.66. The highest BCUT2D eigenvalue weighted by atomic mass is 16.6. The van der Waals surface area contributed by atoms with E-state index in [0.717, 1.165) is 29.7 Å². The number of piperidine rings is 1. The predicted molar refractivity (Wildman–Crippen MR) is 150 cm³/mol. The number of benzene rings is 2. The molecule has 3 aromatic rings. The van der Waals surface area contributed by atoms with Gasteiger partial charge < -0.3 is 30.6 Å². The van der Waals surface area contributed by atoms with Gasteiger partial charge in [-0.2, -0.15) is 5.26 Å². The number of nitriles is 1. The molecule has 1 aliphatic heterocycles. The number of carbonyl (C=O) groups is 1. The minimum atomic E-state index is -0.594. The fourth-order valence-corrected chi connectivity index (χ4v) is 4.71. The van der Waals surface area contributed by atoms with Crippen LogP contribution in [0.2, 0.25) is 0 Å². The maximum absolute atomic E-state index is 12.8. The Labute approximate surface area is 229 Å². The third-order valence-electron chi connectivity index (χ3n) is 6.57. The van der Waals surface area contributed by atoms with Crippen molar-refractivity contribution in [2.24, 2.45) is 0 Å². The van der Waals surface area contributed by atoms with Gasteiger partial charge in [0.2, 0.25) is 0 Å². The zero-order valence-electron chi connectivity index (χ0n) is 22.9. The SMILES string of the molecule is COc1ccc(COc2cccc(N)c2-c2cc(C3CCCN(C(=O)OC(C)(C)C)C3)c(C#N)c(N)n2)cc1. The van der Waals surface area contributed by atoms with Crippen LogP contribution in [-0.2, 0) is 11.3 Å². The van der Waals surface area contributed by atoms with Crippen LogP contribution in [0.1, 0.15) is 56.2 Å². The number of methoxy groups -OCH3 is 1. The van der Waals surface area contributed by atoms with E-state index in [1.165, 1.54) is 0 Å². The smallest absolute Gasteiger partial charge is 0.410 e. The first-order chi connectivity index (χ1) is 18.6. The van der Waals surface area contributed by atoms with Gasteiger partial charge in [-0.3, -0.25) is 0 Å². The number of pyridine rings is 1. The van der Waals surface area contributed by atoms with Crippen molar-refractivity contribution in [2.75, 3.05) is 31.7 Å². The molecular weight excluding hydrogens is 494 g/mol. The van der Waals surface area contributed by atoms with E-state index < -0.39 is 5.60 Å². The fraction of sp³-hybridized carbons (Fsp3) is 0.367. The summed E-state index contributed by atoms with van der Waals surface area (Å²) in [5.74, 6) is 1.32. The number of hydrogen-bond acceptors (Lipinski definition) is 8. The summed E-state index contributed by atoms with van der Waals surface area (Å²) in [6.07, 6.45) is 1.20. The minimum Gasteiger partial charge on any atom is -0.497 e. The average Bonchev–Trinajstić information content (AvgIpc) is 2.91. The van der Waals surface area contributed by atoms with Gasteiger partial charge >= 0.3 is 6.09 Å². The largest absolute Gasteiger partial charge is 0.497 e. The van der Waals surface area contributed by atoms with E-state index in [2.05, 4.69) is 11.1 Å². The molecule has 39 heavy (non-hydrogen) atoms. The second-order valence-corrected chi connectivity index (χ2v) is 10.6. The first kappa shape index (κ1) is 27.6. The molecule has 204 valence electrons. The Hall–Kier alpha value is -4.45. The molecule has 0 radical (unpaired) electrons. The minimum absolute atomic E-state index is 0.112. The summed E-state index contributed by atoms with van der Waals surface area (Å²) in [7, 11) is 1.62. The molecule has 9 nitrogen and oxygen atoms in total. The van der Waals surface area contributed by atoms with E-state index in [1.807, 2.05) is 63.2 Å². The normalized spacial score (nSPS) is 15.4. The number of likely N-dealkylation sites (tertiary alicyclic amines) is 1. The van der Waals surface area contributed by atoms with E-state index in [-0.39, 0.29) is 17.8 Å². The van der Waals surface area contributed by atoms with Gasteiger partial charge in [0.25, 0.3) is 0 Å². The molecule has 1 aliphatic rings. The highest BCUT2D eigenvalue weighted by Crippen LogP contribution is 2.39. The highest BCUT2D eigenvalue weighted by molar-refractivity contribution is 5.81. The molecule has 1 saturated heterocycles. The summed E-state index contributed by atoms with van der Waals surface area (Å²) in [6.45, 7) is 6.84. The Bertz CT molecular complexity index is 1380. The Morgan fingerprint density at radius 2 is 1.92 bits per heavy atom. The molecule has 0 spiro atoms. The van der Waals surface area contributed by atoms with Crippen molar-refractivity contribution >= 4 is 17.6 Å². The van der Waals surface area contributed by atoms with Crippen molar-refractivity contribution < 1.29 is 19.0 Å². The fourth-order valence-electron chi connectivity index (χ4n) is 4.71. The van der Waals surface area contributed by atoms with E-state index >= 15 is 0 Å². The molecule has 0 bridgehead atoms. The Morgan fingerprint density at radius 1 is 1.18 bits per heavy atom. The molecule has 0 saturated carbocycles. The number of hydrogen-bond donors (Lipinski definition) is 2. The van der Waals surface area contributed by atoms with Crippen LogP contribution in [0.4, 0.5) is 16.3 Å². The summed E-state index contributed by atoms with van der Waals surface area (Å²) in [5.41, 5.74) is 15.7. The van der Waals surface area contributed by atoms with Gasteiger partial charge in [-0.05, 0) is 75.1 Å². The van der Waals surface area contributed by atoms with E-state index in [9.17, 15) is 10.1 Å². The molecular formula is C30H35N5O4. The lowest BCUT2D eigenvalue weighted by molar-refractivity contribution is 0.0198. The van der Waals surface area contributed by atoms with Crippen LogP contribution in [0, 0.1) is 11.3 Å². The van der Waals surface area contributed by atoms with Gasteiger partial charge in [0.15, 0.2) is 0 Å². The van der Waals surface area contributed by atoms with Crippen molar-refractivity contribution in [3.05, 3.63) is 65.2 Å². The lowest BCUT2D eigenvalue weighted by Gasteiger charge is -2.34. The molecule has 1 fully saturated rings. The number of nitrogens with two attached hydrogens (primary N) is 2. The second-order valence-electron chi connectivity index (χ2n) is 10.6. The zero-order chi connectivity index (χ0) is 28.2. The number of nitrogen functional groups attached to an aromatic ring is 2. The van der Waals surface area contributed by atoms with E-state index in [1.54, 1.807) is 18.1 Å². The number of rotatable bonds is 6. The molecule has 2 aromatic carbocycles. The summed E-state index contributed by atoms with van der Waals surface area (Å²) < 4.78 is 17.0. The molecule has 1 unspecified atom stereocenters. The summed E-state index contributed by atoms with van der Waals surface area (Å²) >= 11 is 0. The van der Waals surface area contributed by atoms with Crippen LogP contribution in [0.3, 0.4) is 0 Å². The summed E-state index contributed by atoms with van der Waals surface area (Å²) in [5, 5.41) is 9.94. The number of nitrogens with zero attached hydrogens (tertiary/aromatic N) is 3. The zero-order valence-corrected chi connectivity index (χ0v) is 22.9. The van der Waals surface area contributed by atoms with Crippen LogP contribution >= 0.6 is 0 Å². The van der Waals surface area contributed by atoms with E-state index in [0.29, 0.717) is 48.0 Å². The van der Waals surface area contributed by atoms with Gasteiger partial charge in [-0.15, -0.1) is 0 Å². The van der Waals surface area contributed by atoms with Gasteiger partial charge in [0.1, 0.15) is 35.6 Å². The average molecular weight is 530 g/mol. The Kier molecular flexibility index (Phi) is 8.15. The number of anilines is 2. The van der Waals surface area contributed by atoms with Gasteiger partial charge in [0, 0.05) is 24.7 Å². The van der Waals surface area contributed by atoms with Crippen molar-refractivity contribution in [3.8, 4) is 28.8 Å². The molecule has 4 rings (SSSR count). The van der Waals surface area contributed by atoms with Gasteiger partial charge in [-0.25, -0.2) is 9.78 Å². The van der Waals surface area contributed by atoms with E-state index in [4.69, 9.17) is 25.7 Å². The van der Waals surface area contributed by atoms with Gasteiger partial charge in [0.05, 0.1) is 23.9 Å². The molecule has 1 atom stereocenters. The molecule has 1 amide bonds. The molecule has 2 heterocycles. The predicted octanol–water partition coefficient (Wildman–Crippen LogP) is 5.49. The maximum Gasteiger partial charge on any atom is 0.410 e. The molecule has 9 heteroatoms. The standard InChI is InChI=1S/C30H35N5O4/c1-30(2,3)39-29(36)35-14-6-7-20(17-35)22-15-25(34-28(33)23(22)16-31)27-24(32)8-5-9-26(27)38-18-19-10-12-21(37-4)13-11-19/h5,8-13,15,20H,6-7,14,17-18,32H2,1-4H3,(H2,33,34). The Morgan fingerprint density at radius 3 is 2.59 bits per heavy atom. The lowest BCUT2D eigenvalue weighted by atomic mass is 9.87. The molecule has 4 N–H and O–H groups in total. The monoisotopic (exact) mass is 529 g/mol. The van der Waals surface area contributed by atoms with Crippen molar-refractivity contribution in [3.63, 3.8) is 0 Å². The van der Waals surface area contributed by atoms with Crippen molar-refractivity contribution in [1.82, 2.24) is 9.88 Å². The van der Waals surface area contributed by atoms with Crippen molar-refractivity contribution in [1.29, 1.82) is 5.26 Å². The summed E-state index contributed by atoms with van der Waals surface area (Å²) in [6, 6.07) is 17.1. The number of carbonyl (C=O) groups excluding carboxylic acids is 1. The molecule has 0 aliphatic carbocycles. The number of amides is 1. The van der Waals surface area contributed by atoms with Gasteiger partial charge in [-0.1, -0.05) is 18.2 Å². The topological polar surface area (TPSA) is 137 Å². The summed E-state index contributed by atoms with van der Waals surface area (Å²) in [4.78, 5) is 19.0. The van der Waals surface area contributed by atoms with Crippen LogP contribution in [0.5, 0.6) is 11.5 Å². The maximum atomic E-state index is 12.8. The van der Waals surface area contributed by atoms with Crippen molar-refractivity contribution in [2.45, 2.75) is 51.7 Å². The lowest BCUT2D eigenvalue weighted by Crippen LogP contribution is -2.42. The first-order valence-corrected chi connectivity index (χ1v) is 12.9. The van der Waals surface area contributed by atoms with Crippen LogP contribution in [0.15, 0.2) is 48.5 Å². The quantitative estimate of drug-likeness (QED) is 0.400. The first-order valence-electron chi connectivity index (χ1n) is 12.9. The highest BCUT2D eigenvalue weighted by Gasteiger charge is 2.31. The third-order valence-corrected chi connectivity index (χ3v) is 6.57. The number of aromatic nitrogens is 1. The van der Waals surface area contributed by atoms with Crippen LogP contribution in [0.25, 0.3) is 11.3 Å². The van der Waals surface area contributed by atoms with Crippen LogP contribution < -0.4 is 20.9 Å². The third kappa shape index (κ3) is 6.52. The van der Waals surface area contributed by atoms with Crippen LogP contribution in [-0.4, -0.2) is 41.8 Å². The number of ether oxygens (including phenoxy) is 3. The molecule has 1 aromatic heterocycles. The second kappa shape index (κ2) is 11.5.